The molecular weight excluding hydrogens is 167 g/mol. The molecule has 0 N–H and O–H groups in total. The van der Waals surface area contributed by atoms with Gasteiger partial charge < -0.3 is 0 Å². The second kappa shape index (κ2) is 3.27. The Hall–Kier alpha value is -0.200. The highest BCUT2D eigenvalue weighted by molar-refractivity contribution is 6.36. The van der Waals surface area contributed by atoms with Gasteiger partial charge in [-0.15, -0.1) is 0 Å². The lowest BCUT2D eigenvalue weighted by molar-refractivity contribution is 1.38. The molecule has 54 valence electrons. The van der Waals surface area contributed by atoms with E-state index in [-0.39, 0.29) is 0 Å². The summed E-state index contributed by atoms with van der Waals surface area (Å²) in [4.78, 5) is 0. The molecule has 0 aromatic carbocycles. The van der Waals surface area contributed by atoms with E-state index in [2.05, 4.69) is 0 Å². The zero-order valence-electron chi connectivity index (χ0n) is 5.70. The fourth-order valence-corrected chi connectivity index (χ4v) is 1.17. The van der Waals surface area contributed by atoms with Gasteiger partial charge in [0.25, 0.3) is 0 Å². The van der Waals surface area contributed by atoms with Crippen LogP contribution < -0.4 is 0 Å². The number of rotatable bonds is 0. The van der Waals surface area contributed by atoms with Gasteiger partial charge in [0, 0.05) is 10.1 Å². The van der Waals surface area contributed by atoms with Crippen LogP contribution in [0.1, 0.15) is 13.3 Å². The molecule has 0 aromatic rings. The van der Waals surface area contributed by atoms with Crippen LogP contribution in [0.15, 0.2) is 33.9 Å². The maximum absolute atomic E-state index is 5.85. The van der Waals surface area contributed by atoms with Crippen molar-refractivity contribution in [1.82, 2.24) is 0 Å². The molecule has 0 aromatic heterocycles. The zero-order chi connectivity index (χ0) is 7.56. The Labute approximate surface area is 70.8 Å². The zero-order valence-corrected chi connectivity index (χ0v) is 7.21. The molecule has 0 unspecified atom stereocenters. The van der Waals surface area contributed by atoms with Gasteiger partial charge in [-0.1, -0.05) is 35.4 Å². The van der Waals surface area contributed by atoms with Crippen LogP contribution in [0, 0.1) is 0 Å². The predicted molar refractivity (Wildman–Crippen MR) is 46.2 cm³/mol. The number of hydrogen-bond donors (Lipinski definition) is 0. The summed E-state index contributed by atoms with van der Waals surface area (Å²) in [7, 11) is 0. The van der Waals surface area contributed by atoms with E-state index in [0.717, 1.165) is 22.1 Å². The summed E-state index contributed by atoms with van der Waals surface area (Å²) in [5, 5.41) is 1.49. The molecular formula is C8H8Cl2. The maximum atomic E-state index is 5.85. The van der Waals surface area contributed by atoms with Crippen molar-refractivity contribution >= 4 is 23.2 Å². The molecule has 0 amide bonds. The van der Waals surface area contributed by atoms with Gasteiger partial charge in [0.15, 0.2) is 0 Å². The van der Waals surface area contributed by atoms with Crippen LogP contribution in [0.25, 0.3) is 0 Å². The van der Waals surface area contributed by atoms with Gasteiger partial charge in [0.1, 0.15) is 0 Å². The Morgan fingerprint density at radius 2 is 2.10 bits per heavy atom. The lowest BCUT2D eigenvalue weighted by Crippen LogP contribution is -1.76. The molecule has 0 spiro atoms. The Morgan fingerprint density at radius 3 is 2.80 bits per heavy atom. The van der Waals surface area contributed by atoms with Gasteiger partial charge in [-0.3, -0.25) is 0 Å². The predicted octanol–water partition coefficient (Wildman–Crippen LogP) is 3.58. The first-order valence-electron chi connectivity index (χ1n) is 3.11. The number of allylic oxidation sites excluding steroid dienone is 6. The molecule has 0 saturated heterocycles. The summed E-state index contributed by atoms with van der Waals surface area (Å²) in [6.45, 7) is 1.91. The van der Waals surface area contributed by atoms with Crippen molar-refractivity contribution < 1.29 is 0 Å². The van der Waals surface area contributed by atoms with Crippen LogP contribution in [-0.4, -0.2) is 0 Å². The van der Waals surface area contributed by atoms with E-state index in [4.69, 9.17) is 23.2 Å². The third-order valence-corrected chi connectivity index (χ3v) is 2.26. The van der Waals surface area contributed by atoms with E-state index in [1.807, 2.05) is 25.2 Å². The van der Waals surface area contributed by atoms with Crippen molar-refractivity contribution in [2.75, 3.05) is 0 Å². The molecule has 0 saturated carbocycles. The van der Waals surface area contributed by atoms with Crippen molar-refractivity contribution in [2.45, 2.75) is 13.3 Å². The van der Waals surface area contributed by atoms with E-state index in [1.165, 1.54) is 0 Å². The number of halogens is 2. The molecule has 2 heteroatoms. The van der Waals surface area contributed by atoms with Crippen molar-refractivity contribution in [3.63, 3.8) is 0 Å². The second-order valence-electron chi connectivity index (χ2n) is 2.16. The quantitative estimate of drug-likeness (QED) is 0.527. The summed E-state index contributed by atoms with van der Waals surface area (Å²) in [6, 6.07) is 0. The molecule has 0 atom stereocenters. The summed E-state index contributed by atoms with van der Waals surface area (Å²) in [5.41, 5.74) is 0.956. The topological polar surface area (TPSA) is 0 Å². The second-order valence-corrected chi connectivity index (χ2v) is 2.98. The fraction of sp³-hybridized carbons (Fsp3) is 0.250. The monoisotopic (exact) mass is 174 g/mol. The molecule has 0 aliphatic heterocycles. The van der Waals surface area contributed by atoms with E-state index >= 15 is 0 Å². The molecule has 10 heavy (non-hydrogen) atoms. The summed E-state index contributed by atoms with van der Waals surface area (Å²) in [5.74, 6) is 0. The highest BCUT2D eigenvalue weighted by atomic mass is 35.5. The average Bonchev–Trinajstić information content (AvgIpc) is 2.04. The van der Waals surface area contributed by atoms with Gasteiger partial charge in [0.05, 0.1) is 0 Å². The minimum atomic E-state index is 0.735. The Balaban J connectivity index is 3.02. The van der Waals surface area contributed by atoms with Gasteiger partial charge in [-0.25, -0.2) is 0 Å². The van der Waals surface area contributed by atoms with Crippen LogP contribution in [0.5, 0.6) is 0 Å². The van der Waals surface area contributed by atoms with E-state index < -0.39 is 0 Å². The summed E-state index contributed by atoms with van der Waals surface area (Å²) >= 11 is 11.7. The van der Waals surface area contributed by atoms with Crippen LogP contribution in [0.4, 0.5) is 0 Å². The number of hydrogen-bond acceptors (Lipinski definition) is 0. The van der Waals surface area contributed by atoms with Crippen LogP contribution >= 0.6 is 23.2 Å². The van der Waals surface area contributed by atoms with Gasteiger partial charge >= 0.3 is 0 Å². The van der Waals surface area contributed by atoms with Crippen molar-refractivity contribution in [3.8, 4) is 0 Å². The van der Waals surface area contributed by atoms with Gasteiger partial charge in [-0.05, 0) is 25.0 Å². The SMILES string of the molecule is CC1=C(Cl)C=CCC=C1Cl. The first kappa shape index (κ1) is 7.90. The molecule has 0 bridgehead atoms. The average molecular weight is 175 g/mol. The third kappa shape index (κ3) is 1.65. The smallest absolute Gasteiger partial charge is 0.0446 e. The highest BCUT2D eigenvalue weighted by Gasteiger charge is 2.01. The van der Waals surface area contributed by atoms with Crippen LogP contribution in [-0.2, 0) is 0 Å². The first-order chi connectivity index (χ1) is 4.72. The Morgan fingerprint density at radius 1 is 1.40 bits per heavy atom. The molecule has 0 radical (unpaired) electrons. The summed E-state index contributed by atoms with van der Waals surface area (Å²) < 4.78 is 0. The highest BCUT2D eigenvalue weighted by Crippen LogP contribution is 2.24. The van der Waals surface area contributed by atoms with Crippen molar-refractivity contribution in [1.29, 1.82) is 0 Å². The minimum absolute atomic E-state index is 0.735. The van der Waals surface area contributed by atoms with Gasteiger partial charge in [-0.2, -0.15) is 0 Å². The summed E-state index contributed by atoms with van der Waals surface area (Å²) in [6.07, 6.45) is 6.68. The van der Waals surface area contributed by atoms with Crippen LogP contribution in [0.3, 0.4) is 0 Å². The van der Waals surface area contributed by atoms with Gasteiger partial charge in [0.2, 0.25) is 0 Å². The lowest BCUT2D eigenvalue weighted by atomic mass is 10.2. The normalized spacial score (nSPS) is 18.9. The largest absolute Gasteiger partial charge is 0.0843 e. The Bertz CT molecular complexity index is 221. The molecule has 1 aliphatic carbocycles. The Kier molecular flexibility index (Phi) is 2.58. The minimum Gasteiger partial charge on any atom is -0.0843 e. The van der Waals surface area contributed by atoms with Crippen LogP contribution in [0.2, 0.25) is 0 Å². The van der Waals surface area contributed by atoms with Crippen molar-refractivity contribution in [3.05, 3.63) is 33.9 Å². The lowest BCUT2D eigenvalue weighted by Gasteiger charge is -1.96. The fourth-order valence-electron chi connectivity index (χ4n) is 0.735. The maximum Gasteiger partial charge on any atom is 0.0446 e. The first-order valence-corrected chi connectivity index (χ1v) is 3.86. The standard InChI is InChI=1S/C8H8Cl2/c1-6-7(9)4-2-3-5-8(6)10/h2,4-5H,3H2,1H3. The third-order valence-electron chi connectivity index (χ3n) is 1.41. The van der Waals surface area contributed by atoms with Crippen molar-refractivity contribution in [2.24, 2.45) is 0 Å². The molecule has 1 aliphatic rings. The van der Waals surface area contributed by atoms with E-state index in [9.17, 15) is 0 Å². The molecule has 0 fully saturated rings. The molecule has 0 heterocycles. The van der Waals surface area contributed by atoms with E-state index in [1.54, 1.807) is 0 Å². The molecule has 1 rings (SSSR count). The molecule has 0 nitrogen and oxygen atoms in total. The van der Waals surface area contributed by atoms with E-state index in [0.29, 0.717) is 0 Å².